The van der Waals surface area contributed by atoms with Gasteiger partial charge in [-0.2, -0.15) is 0 Å². The number of rotatable bonds is 8. The molecular weight excluding hydrogens is 276 g/mol. The molecule has 0 aliphatic carbocycles. The van der Waals surface area contributed by atoms with Gasteiger partial charge >= 0.3 is 5.97 Å². The Morgan fingerprint density at radius 1 is 1.38 bits per heavy atom. The third-order valence-electron chi connectivity index (χ3n) is 2.78. The molecule has 7 nitrogen and oxygen atoms in total. The van der Waals surface area contributed by atoms with Gasteiger partial charge in [-0.1, -0.05) is 12.1 Å². The largest absolute Gasteiger partial charge is 0.480 e. The SMILES string of the molecule is COCc1cccc(C(=O)N[C@H](CCC(N)=O)C(=O)O)c1. The highest BCUT2D eigenvalue weighted by Crippen LogP contribution is 2.07. The number of ether oxygens (including phenoxy) is 1. The Morgan fingerprint density at radius 2 is 2.10 bits per heavy atom. The third kappa shape index (κ3) is 5.62. The molecule has 4 N–H and O–H groups in total. The van der Waals surface area contributed by atoms with E-state index in [0.717, 1.165) is 5.56 Å². The Balaban J connectivity index is 2.74. The molecule has 0 aliphatic rings. The number of hydrogen-bond acceptors (Lipinski definition) is 4. The van der Waals surface area contributed by atoms with Gasteiger partial charge in [-0.05, 0) is 24.1 Å². The van der Waals surface area contributed by atoms with E-state index in [1.54, 1.807) is 24.3 Å². The molecule has 1 atom stereocenters. The fraction of sp³-hybridized carbons (Fsp3) is 0.357. The highest BCUT2D eigenvalue weighted by molar-refractivity contribution is 5.96. The number of hydrogen-bond donors (Lipinski definition) is 3. The van der Waals surface area contributed by atoms with E-state index in [0.29, 0.717) is 12.2 Å². The number of primary amides is 1. The number of aliphatic carboxylic acids is 1. The maximum absolute atomic E-state index is 12.0. The van der Waals surface area contributed by atoms with Crippen LogP contribution in [0.25, 0.3) is 0 Å². The number of nitrogens with one attached hydrogen (secondary N) is 1. The zero-order chi connectivity index (χ0) is 15.8. The van der Waals surface area contributed by atoms with Crippen molar-refractivity contribution in [2.45, 2.75) is 25.5 Å². The van der Waals surface area contributed by atoms with Crippen molar-refractivity contribution in [3.63, 3.8) is 0 Å². The van der Waals surface area contributed by atoms with E-state index >= 15 is 0 Å². The molecule has 0 fully saturated rings. The van der Waals surface area contributed by atoms with Crippen LogP contribution >= 0.6 is 0 Å². The maximum Gasteiger partial charge on any atom is 0.326 e. The number of carboxylic acid groups (broad SMARTS) is 1. The summed E-state index contributed by atoms with van der Waals surface area (Å²) in [5, 5.41) is 11.4. The smallest absolute Gasteiger partial charge is 0.326 e. The monoisotopic (exact) mass is 294 g/mol. The fourth-order valence-corrected chi connectivity index (χ4v) is 1.75. The van der Waals surface area contributed by atoms with Crippen LogP contribution in [0.4, 0.5) is 0 Å². The average molecular weight is 294 g/mol. The molecule has 0 spiro atoms. The number of carbonyl (C=O) groups is 3. The van der Waals surface area contributed by atoms with Gasteiger partial charge in [0.05, 0.1) is 6.61 Å². The zero-order valence-electron chi connectivity index (χ0n) is 11.7. The van der Waals surface area contributed by atoms with E-state index < -0.39 is 23.8 Å². The summed E-state index contributed by atoms with van der Waals surface area (Å²) in [6.07, 6.45) is -0.158. The second-order valence-corrected chi connectivity index (χ2v) is 4.50. The summed E-state index contributed by atoms with van der Waals surface area (Å²) in [6, 6.07) is 5.51. The molecule has 0 bridgehead atoms. The van der Waals surface area contributed by atoms with Gasteiger partial charge in [-0.3, -0.25) is 9.59 Å². The van der Waals surface area contributed by atoms with Crippen LogP contribution in [0, 0.1) is 0 Å². The molecule has 114 valence electrons. The van der Waals surface area contributed by atoms with Crippen molar-refractivity contribution in [2.75, 3.05) is 7.11 Å². The Bertz CT molecular complexity index is 530. The lowest BCUT2D eigenvalue weighted by atomic mass is 10.1. The lowest BCUT2D eigenvalue weighted by Crippen LogP contribution is -2.41. The molecule has 2 amide bonds. The Kier molecular flexibility index (Phi) is 6.35. The molecule has 0 radical (unpaired) electrons. The van der Waals surface area contributed by atoms with Crippen molar-refractivity contribution < 1.29 is 24.2 Å². The lowest BCUT2D eigenvalue weighted by Gasteiger charge is -2.14. The van der Waals surface area contributed by atoms with E-state index in [2.05, 4.69) is 5.32 Å². The first-order valence-electron chi connectivity index (χ1n) is 6.34. The first-order chi connectivity index (χ1) is 9.93. The lowest BCUT2D eigenvalue weighted by molar-refractivity contribution is -0.139. The average Bonchev–Trinajstić information content (AvgIpc) is 2.43. The topological polar surface area (TPSA) is 119 Å². The van der Waals surface area contributed by atoms with Crippen LogP contribution in [0.5, 0.6) is 0 Å². The fourth-order valence-electron chi connectivity index (χ4n) is 1.75. The summed E-state index contributed by atoms with van der Waals surface area (Å²) < 4.78 is 4.97. The standard InChI is InChI=1S/C14H18N2O5/c1-21-8-9-3-2-4-10(7-9)13(18)16-11(14(19)20)5-6-12(15)17/h2-4,7,11H,5-6,8H2,1H3,(H2,15,17)(H,16,18)(H,19,20)/t11-/m1/s1. The summed E-state index contributed by atoms with van der Waals surface area (Å²) in [5.41, 5.74) is 6.11. The molecule has 7 heteroatoms. The number of nitrogens with two attached hydrogens (primary N) is 1. The predicted molar refractivity (Wildman–Crippen MR) is 74.5 cm³/mol. The number of carbonyl (C=O) groups excluding carboxylic acids is 2. The third-order valence-corrected chi connectivity index (χ3v) is 2.78. The van der Waals surface area contributed by atoms with Crippen LogP contribution in [-0.2, 0) is 20.9 Å². The maximum atomic E-state index is 12.0. The highest BCUT2D eigenvalue weighted by atomic mass is 16.5. The minimum absolute atomic E-state index is 0.0475. The van der Waals surface area contributed by atoms with Crippen molar-refractivity contribution in [3.05, 3.63) is 35.4 Å². The normalized spacial score (nSPS) is 11.7. The molecule has 0 heterocycles. The molecular formula is C14H18N2O5. The molecule has 1 rings (SSSR count). The number of methoxy groups -OCH3 is 1. The summed E-state index contributed by atoms with van der Waals surface area (Å²) in [6.45, 7) is 0.352. The minimum Gasteiger partial charge on any atom is -0.480 e. The van der Waals surface area contributed by atoms with Gasteiger partial charge in [-0.15, -0.1) is 0 Å². The summed E-state index contributed by atoms with van der Waals surface area (Å²) in [4.78, 5) is 33.8. The van der Waals surface area contributed by atoms with Crippen LogP contribution in [-0.4, -0.2) is 36.0 Å². The van der Waals surface area contributed by atoms with E-state index in [4.69, 9.17) is 15.6 Å². The molecule has 0 aromatic heterocycles. The van der Waals surface area contributed by atoms with Crippen LogP contribution in [0.2, 0.25) is 0 Å². The second-order valence-electron chi connectivity index (χ2n) is 4.50. The quantitative estimate of drug-likeness (QED) is 0.636. The van der Waals surface area contributed by atoms with Crippen molar-refractivity contribution in [2.24, 2.45) is 5.73 Å². The molecule has 0 aliphatic heterocycles. The summed E-state index contributed by atoms with van der Waals surface area (Å²) in [7, 11) is 1.54. The van der Waals surface area contributed by atoms with Gasteiger partial charge in [0.2, 0.25) is 5.91 Å². The van der Waals surface area contributed by atoms with Crippen molar-refractivity contribution in [1.82, 2.24) is 5.32 Å². The van der Waals surface area contributed by atoms with Gasteiger partial charge in [-0.25, -0.2) is 4.79 Å². The van der Waals surface area contributed by atoms with Gasteiger partial charge in [0.1, 0.15) is 6.04 Å². The highest BCUT2D eigenvalue weighted by Gasteiger charge is 2.21. The van der Waals surface area contributed by atoms with E-state index in [-0.39, 0.29) is 12.8 Å². The van der Waals surface area contributed by atoms with Crippen LogP contribution in [0.3, 0.4) is 0 Å². The van der Waals surface area contributed by atoms with Gasteiger partial charge in [0.25, 0.3) is 5.91 Å². The van der Waals surface area contributed by atoms with Gasteiger partial charge < -0.3 is 20.9 Å². The molecule has 21 heavy (non-hydrogen) atoms. The number of carboxylic acids is 1. The minimum atomic E-state index is -1.21. The van der Waals surface area contributed by atoms with Crippen LogP contribution in [0.15, 0.2) is 24.3 Å². The van der Waals surface area contributed by atoms with Crippen molar-refractivity contribution >= 4 is 17.8 Å². The van der Waals surface area contributed by atoms with E-state index in [1.165, 1.54) is 7.11 Å². The molecule has 1 aromatic rings. The Hall–Kier alpha value is -2.41. The van der Waals surface area contributed by atoms with Crippen LogP contribution < -0.4 is 11.1 Å². The Morgan fingerprint density at radius 3 is 2.67 bits per heavy atom. The van der Waals surface area contributed by atoms with Crippen molar-refractivity contribution in [3.8, 4) is 0 Å². The summed E-state index contributed by atoms with van der Waals surface area (Å²) in [5.74, 6) is -2.35. The molecule has 1 aromatic carbocycles. The van der Waals surface area contributed by atoms with Crippen LogP contribution in [0.1, 0.15) is 28.8 Å². The van der Waals surface area contributed by atoms with E-state index in [1.807, 2.05) is 0 Å². The molecule has 0 saturated carbocycles. The van der Waals surface area contributed by atoms with Gasteiger partial charge in [0, 0.05) is 19.1 Å². The second kappa shape index (κ2) is 8.01. The Labute approximate surface area is 122 Å². The van der Waals surface area contributed by atoms with Gasteiger partial charge in [0.15, 0.2) is 0 Å². The zero-order valence-corrected chi connectivity index (χ0v) is 11.7. The number of amides is 2. The first kappa shape index (κ1) is 16.6. The first-order valence-corrected chi connectivity index (χ1v) is 6.34. The molecule has 0 unspecified atom stereocenters. The molecule has 0 saturated heterocycles. The summed E-state index contributed by atoms with van der Waals surface area (Å²) >= 11 is 0. The van der Waals surface area contributed by atoms with E-state index in [9.17, 15) is 14.4 Å². The predicted octanol–water partition coefficient (Wildman–Crippen LogP) is 0.282. The number of benzene rings is 1. The van der Waals surface area contributed by atoms with Crippen molar-refractivity contribution in [1.29, 1.82) is 0 Å².